The van der Waals surface area contributed by atoms with Gasteiger partial charge in [0.05, 0.1) is 20.3 Å². The number of aryl methyl sites for hydroxylation is 1. The highest BCUT2D eigenvalue weighted by Gasteiger charge is 2.29. The van der Waals surface area contributed by atoms with E-state index in [1.807, 2.05) is 20.8 Å². The predicted octanol–water partition coefficient (Wildman–Crippen LogP) is 1.63. The Kier molecular flexibility index (Phi) is 5.11. The molecular formula is C14H23NO3. The van der Waals surface area contributed by atoms with Crippen LogP contribution in [0.25, 0.3) is 0 Å². The average Bonchev–Trinajstić information content (AvgIpc) is 2.39. The number of hydrogen-bond donors (Lipinski definition) is 2. The lowest BCUT2D eigenvalue weighted by atomic mass is 9.81. The molecule has 0 unspecified atom stereocenters. The second-order valence-electron chi connectivity index (χ2n) is 4.89. The summed E-state index contributed by atoms with van der Waals surface area (Å²) in [6.45, 7) is 5.79. The van der Waals surface area contributed by atoms with Crippen molar-refractivity contribution in [2.45, 2.75) is 33.6 Å². The summed E-state index contributed by atoms with van der Waals surface area (Å²) >= 11 is 0. The molecule has 0 bridgehead atoms. The Hall–Kier alpha value is -1.13. The molecule has 0 aromatic carbocycles. The quantitative estimate of drug-likeness (QED) is 0.809. The van der Waals surface area contributed by atoms with Crippen molar-refractivity contribution in [2.75, 3.05) is 20.3 Å². The Balaban J connectivity index is 3.11. The maximum Gasteiger partial charge on any atom is 0.128 e. The van der Waals surface area contributed by atoms with Gasteiger partial charge in [0.1, 0.15) is 5.75 Å². The lowest BCUT2D eigenvalue weighted by molar-refractivity contribution is 0.0504. The van der Waals surface area contributed by atoms with Gasteiger partial charge in [-0.15, -0.1) is 0 Å². The Morgan fingerprint density at radius 1 is 1.28 bits per heavy atom. The van der Waals surface area contributed by atoms with Crippen LogP contribution in [0.4, 0.5) is 0 Å². The number of aromatic nitrogens is 1. The van der Waals surface area contributed by atoms with Crippen molar-refractivity contribution >= 4 is 0 Å². The average molecular weight is 253 g/mol. The van der Waals surface area contributed by atoms with Gasteiger partial charge in [0.2, 0.25) is 0 Å². The number of rotatable bonds is 6. The number of pyridine rings is 1. The van der Waals surface area contributed by atoms with E-state index >= 15 is 0 Å². The van der Waals surface area contributed by atoms with Crippen LogP contribution in [-0.2, 0) is 6.42 Å². The molecule has 4 nitrogen and oxygen atoms in total. The first-order valence-corrected chi connectivity index (χ1v) is 6.24. The van der Waals surface area contributed by atoms with Crippen LogP contribution in [0.5, 0.6) is 5.75 Å². The van der Waals surface area contributed by atoms with Crippen LogP contribution >= 0.6 is 0 Å². The molecule has 0 aliphatic heterocycles. The minimum absolute atomic E-state index is 0.0443. The van der Waals surface area contributed by atoms with Gasteiger partial charge >= 0.3 is 0 Å². The summed E-state index contributed by atoms with van der Waals surface area (Å²) in [5.74, 6) is 0.834. The zero-order valence-electron chi connectivity index (χ0n) is 11.7. The monoisotopic (exact) mass is 253 g/mol. The maximum atomic E-state index is 9.49. The minimum atomic E-state index is -0.502. The Morgan fingerprint density at radius 3 is 2.33 bits per heavy atom. The normalized spacial score (nSPS) is 11.7. The lowest BCUT2D eigenvalue weighted by Crippen LogP contribution is -2.32. The van der Waals surface area contributed by atoms with E-state index in [1.54, 1.807) is 13.3 Å². The summed E-state index contributed by atoms with van der Waals surface area (Å²) in [5.41, 5.74) is 2.35. The highest BCUT2D eigenvalue weighted by Crippen LogP contribution is 2.30. The number of methoxy groups -OCH3 is 1. The first-order chi connectivity index (χ1) is 8.53. The number of hydrogen-bond acceptors (Lipinski definition) is 4. The first kappa shape index (κ1) is 14.9. The van der Waals surface area contributed by atoms with Crippen LogP contribution in [0.3, 0.4) is 0 Å². The van der Waals surface area contributed by atoms with E-state index in [4.69, 9.17) is 4.74 Å². The van der Waals surface area contributed by atoms with Crippen molar-refractivity contribution in [3.8, 4) is 5.75 Å². The van der Waals surface area contributed by atoms with E-state index in [-0.39, 0.29) is 13.2 Å². The fourth-order valence-electron chi connectivity index (χ4n) is 2.11. The molecule has 18 heavy (non-hydrogen) atoms. The molecule has 1 aromatic heterocycles. The van der Waals surface area contributed by atoms with Crippen LogP contribution in [0.2, 0.25) is 0 Å². The van der Waals surface area contributed by atoms with Gasteiger partial charge in [-0.3, -0.25) is 4.98 Å². The van der Waals surface area contributed by atoms with Gasteiger partial charge < -0.3 is 14.9 Å². The molecule has 0 saturated carbocycles. The predicted molar refractivity (Wildman–Crippen MR) is 70.9 cm³/mol. The zero-order valence-corrected chi connectivity index (χ0v) is 11.7. The maximum absolute atomic E-state index is 9.49. The molecule has 0 amide bonds. The molecule has 0 atom stereocenters. The van der Waals surface area contributed by atoms with Crippen LogP contribution in [0.1, 0.15) is 30.2 Å². The fraction of sp³-hybridized carbons (Fsp3) is 0.643. The van der Waals surface area contributed by atoms with Crippen molar-refractivity contribution < 1.29 is 14.9 Å². The van der Waals surface area contributed by atoms with Gasteiger partial charge in [0.25, 0.3) is 0 Å². The summed E-state index contributed by atoms with van der Waals surface area (Å²) in [4.78, 5) is 4.41. The van der Waals surface area contributed by atoms with Crippen LogP contribution in [0.15, 0.2) is 6.20 Å². The van der Waals surface area contributed by atoms with Gasteiger partial charge in [0, 0.05) is 34.9 Å². The fourth-order valence-corrected chi connectivity index (χ4v) is 2.11. The highest BCUT2D eigenvalue weighted by atomic mass is 16.5. The van der Waals surface area contributed by atoms with Gasteiger partial charge in [-0.2, -0.15) is 0 Å². The van der Waals surface area contributed by atoms with Crippen LogP contribution < -0.4 is 4.74 Å². The second kappa shape index (κ2) is 6.16. The van der Waals surface area contributed by atoms with Crippen molar-refractivity contribution in [2.24, 2.45) is 5.41 Å². The van der Waals surface area contributed by atoms with Gasteiger partial charge in [0.15, 0.2) is 0 Å². The summed E-state index contributed by atoms with van der Waals surface area (Å²) < 4.78 is 5.37. The molecule has 0 spiro atoms. The smallest absolute Gasteiger partial charge is 0.128 e. The van der Waals surface area contributed by atoms with Crippen molar-refractivity contribution in [3.63, 3.8) is 0 Å². The third-order valence-electron chi connectivity index (χ3n) is 3.71. The Bertz CT molecular complexity index is 392. The largest absolute Gasteiger partial charge is 0.496 e. The summed E-state index contributed by atoms with van der Waals surface area (Å²) in [5, 5.41) is 19.0. The molecular weight excluding hydrogens is 230 g/mol. The standard InChI is InChI=1S/C14H23NO3/c1-5-14(8-16,9-17)6-12-11(3)13(18-4)10(2)7-15-12/h7,16-17H,5-6,8-9H2,1-4H3. The molecule has 4 heteroatoms. The van der Waals surface area contributed by atoms with Gasteiger partial charge in [-0.1, -0.05) is 6.92 Å². The molecule has 0 aliphatic carbocycles. The lowest BCUT2D eigenvalue weighted by Gasteiger charge is -2.28. The van der Waals surface area contributed by atoms with E-state index in [9.17, 15) is 10.2 Å². The molecule has 0 radical (unpaired) electrons. The Morgan fingerprint density at radius 2 is 1.89 bits per heavy atom. The number of aliphatic hydroxyl groups is 2. The van der Waals surface area contributed by atoms with E-state index in [2.05, 4.69) is 4.98 Å². The number of aliphatic hydroxyl groups excluding tert-OH is 2. The van der Waals surface area contributed by atoms with Crippen molar-refractivity contribution in [1.29, 1.82) is 0 Å². The summed E-state index contributed by atoms with van der Waals surface area (Å²) in [6, 6.07) is 0. The van der Waals surface area contributed by atoms with E-state index in [1.165, 1.54) is 0 Å². The third kappa shape index (κ3) is 2.82. The molecule has 0 aliphatic rings. The van der Waals surface area contributed by atoms with Gasteiger partial charge in [-0.25, -0.2) is 0 Å². The highest BCUT2D eigenvalue weighted by molar-refractivity contribution is 5.41. The summed E-state index contributed by atoms with van der Waals surface area (Å²) in [6.07, 6.45) is 3.03. The second-order valence-corrected chi connectivity index (χ2v) is 4.89. The molecule has 0 fully saturated rings. The zero-order chi connectivity index (χ0) is 13.8. The molecule has 1 rings (SSSR count). The van der Waals surface area contributed by atoms with Crippen molar-refractivity contribution in [1.82, 2.24) is 4.98 Å². The molecule has 0 saturated heterocycles. The molecule has 2 N–H and O–H groups in total. The minimum Gasteiger partial charge on any atom is -0.496 e. The van der Waals surface area contributed by atoms with Crippen molar-refractivity contribution in [3.05, 3.63) is 23.0 Å². The number of ether oxygens (including phenoxy) is 1. The van der Waals surface area contributed by atoms with E-state index < -0.39 is 5.41 Å². The third-order valence-corrected chi connectivity index (χ3v) is 3.71. The summed E-state index contributed by atoms with van der Waals surface area (Å²) in [7, 11) is 1.64. The Labute approximate surface area is 109 Å². The molecule has 1 aromatic rings. The van der Waals surface area contributed by atoms with Gasteiger partial charge in [-0.05, 0) is 20.3 Å². The number of nitrogens with zero attached hydrogens (tertiary/aromatic N) is 1. The molecule has 102 valence electrons. The molecule has 1 heterocycles. The topological polar surface area (TPSA) is 62.6 Å². The van der Waals surface area contributed by atoms with Crippen LogP contribution in [0, 0.1) is 19.3 Å². The first-order valence-electron chi connectivity index (χ1n) is 6.24. The SMILES string of the molecule is CCC(CO)(CO)Cc1ncc(C)c(OC)c1C. The van der Waals surface area contributed by atoms with E-state index in [0.717, 1.165) is 22.6 Å². The van der Waals surface area contributed by atoms with E-state index in [0.29, 0.717) is 12.8 Å². The van der Waals surface area contributed by atoms with Crippen LogP contribution in [-0.4, -0.2) is 35.5 Å².